The van der Waals surface area contributed by atoms with Crippen LogP contribution in [0.3, 0.4) is 0 Å². The molecule has 4 rings (SSSR count). The summed E-state index contributed by atoms with van der Waals surface area (Å²) in [5.41, 5.74) is 1.31. The van der Waals surface area contributed by atoms with Gasteiger partial charge in [0.1, 0.15) is 0 Å². The number of hydrogen-bond donors (Lipinski definition) is 2. The molecule has 0 saturated carbocycles. The van der Waals surface area contributed by atoms with E-state index >= 15 is 0 Å². The van der Waals surface area contributed by atoms with E-state index in [9.17, 15) is 16.8 Å². The summed E-state index contributed by atoms with van der Waals surface area (Å²) in [6.45, 7) is 5.17. The van der Waals surface area contributed by atoms with Gasteiger partial charge in [0.25, 0.3) is 20.0 Å². The molecule has 2 N–H and O–H groups in total. The maximum atomic E-state index is 13.5. The number of rotatable bonds is 8. The van der Waals surface area contributed by atoms with E-state index in [-0.39, 0.29) is 40.1 Å². The Morgan fingerprint density at radius 2 is 1.50 bits per heavy atom. The third-order valence-electron chi connectivity index (χ3n) is 5.87. The van der Waals surface area contributed by atoms with Gasteiger partial charge in [-0.15, -0.1) is 12.4 Å². The van der Waals surface area contributed by atoms with E-state index in [1.54, 1.807) is 55.5 Å². The number of sulfonamides is 2. The molecule has 3 aromatic carbocycles. The van der Waals surface area contributed by atoms with Gasteiger partial charge in [0.15, 0.2) is 0 Å². The predicted molar refractivity (Wildman–Crippen MR) is 147 cm³/mol. The van der Waals surface area contributed by atoms with Crippen LogP contribution in [-0.2, 0) is 20.0 Å². The van der Waals surface area contributed by atoms with Gasteiger partial charge in [-0.3, -0.25) is 9.03 Å². The van der Waals surface area contributed by atoms with Crippen LogP contribution in [-0.4, -0.2) is 49.6 Å². The van der Waals surface area contributed by atoms with Crippen molar-refractivity contribution in [2.45, 2.75) is 23.1 Å². The van der Waals surface area contributed by atoms with Crippen LogP contribution in [0.15, 0.2) is 88.7 Å². The van der Waals surface area contributed by atoms with Crippen molar-refractivity contribution in [2.75, 3.05) is 46.7 Å². The predicted octanol–water partition coefficient (Wildman–Crippen LogP) is 3.92. The highest BCUT2D eigenvalue weighted by molar-refractivity contribution is 7.93. The molecule has 1 fully saturated rings. The number of anilines is 3. The fraction of sp³-hybridized carbons (Fsp3) is 0.280. The minimum absolute atomic E-state index is 0. The summed E-state index contributed by atoms with van der Waals surface area (Å²) >= 11 is 0. The zero-order chi connectivity index (χ0) is 24.9. The van der Waals surface area contributed by atoms with Gasteiger partial charge in [0.05, 0.1) is 21.2 Å². The van der Waals surface area contributed by atoms with Crippen molar-refractivity contribution < 1.29 is 16.8 Å². The highest BCUT2D eigenvalue weighted by Gasteiger charge is 2.28. The third kappa shape index (κ3) is 6.12. The Kier molecular flexibility index (Phi) is 9.24. The quantitative estimate of drug-likeness (QED) is 0.441. The summed E-state index contributed by atoms with van der Waals surface area (Å²) in [4.78, 5) is 2.41. The molecule has 11 heteroatoms. The SMILES string of the molecule is CCN(c1ccc(N2CCCNCC2)cc1NS(=O)(=O)c1ccccc1)S(=O)(=O)c1ccccc1.Cl. The molecule has 0 aromatic heterocycles. The highest BCUT2D eigenvalue weighted by Crippen LogP contribution is 2.35. The van der Waals surface area contributed by atoms with Crippen LogP contribution in [0, 0.1) is 0 Å². The molecule has 0 aliphatic carbocycles. The van der Waals surface area contributed by atoms with E-state index in [0.29, 0.717) is 0 Å². The Morgan fingerprint density at radius 3 is 2.14 bits per heavy atom. The lowest BCUT2D eigenvalue weighted by Gasteiger charge is -2.28. The molecule has 194 valence electrons. The molecule has 1 aliphatic heterocycles. The largest absolute Gasteiger partial charge is 0.370 e. The first-order valence-corrected chi connectivity index (χ1v) is 14.5. The van der Waals surface area contributed by atoms with Gasteiger partial charge in [-0.25, -0.2) is 16.8 Å². The van der Waals surface area contributed by atoms with Crippen molar-refractivity contribution >= 4 is 49.5 Å². The molecule has 0 atom stereocenters. The Hall–Kier alpha value is -2.79. The number of nitrogens with one attached hydrogen (secondary N) is 2. The highest BCUT2D eigenvalue weighted by atomic mass is 35.5. The molecule has 1 saturated heterocycles. The number of benzene rings is 3. The normalized spacial score (nSPS) is 14.4. The van der Waals surface area contributed by atoms with Crippen LogP contribution in [0.1, 0.15) is 13.3 Å². The summed E-state index contributed by atoms with van der Waals surface area (Å²) in [5, 5.41) is 3.36. The van der Waals surface area contributed by atoms with Crippen LogP contribution in [0.5, 0.6) is 0 Å². The monoisotopic (exact) mass is 550 g/mol. The number of halogens is 1. The van der Waals surface area contributed by atoms with Crippen molar-refractivity contribution in [1.29, 1.82) is 0 Å². The molecular weight excluding hydrogens is 520 g/mol. The first-order valence-electron chi connectivity index (χ1n) is 11.6. The first-order chi connectivity index (χ1) is 16.8. The summed E-state index contributed by atoms with van der Waals surface area (Å²) in [6, 6.07) is 21.4. The van der Waals surface area contributed by atoms with Crippen LogP contribution >= 0.6 is 12.4 Å². The Labute approximate surface area is 219 Å². The lowest BCUT2D eigenvalue weighted by atomic mass is 10.2. The number of hydrogen-bond acceptors (Lipinski definition) is 6. The molecule has 1 heterocycles. The standard InChI is InChI=1S/C25H30N4O4S2.ClH/c1-2-29(35(32,33)23-12-7-4-8-13-23)25-15-14-21(28-18-9-16-26-17-19-28)20-24(25)27-34(30,31)22-10-5-3-6-11-22;/h3-8,10-15,20,26-27H,2,9,16-19H2,1H3;1H. The molecule has 1 aliphatic rings. The molecular formula is C25H31ClN4O4S2. The average Bonchev–Trinajstić information content (AvgIpc) is 3.16. The van der Waals surface area contributed by atoms with Gasteiger partial charge < -0.3 is 10.2 Å². The maximum absolute atomic E-state index is 13.5. The van der Waals surface area contributed by atoms with Gasteiger partial charge in [0, 0.05) is 31.9 Å². The second kappa shape index (κ2) is 12.0. The fourth-order valence-corrected chi connectivity index (χ4v) is 6.72. The topological polar surface area (TPSA) is 98.8 Å². The molecule has 3 aromatic rings. The van der Waals surface area contributed by atoms with Crippen LogP contribution in [0.25, 0.3) is 0 Å². The van der Waals surface area contributed by atoms with Crippen molar-refractivity contribution in [3.05, 3.63) is 78.9 Å². The second-order valence-electron chi connectivity index (χ2n) is 8.19. The molecule has 0 unspecified atom stereocenters. The van der Waals surface area contributed by atoms with E-state index in [0.717, 1.165) is 38.3 Å². The molecule has 0 bridgehead atoms. The fourth-order valence-electron chi connectivity index (χ4n) is 4.12. The van der Waals surface area contributed by atoms with Gasteiger partial charge in [0.2, 0.25) is 0 Å². The Bertz CT molecular complexity index is 1350. The van der Waals surface area contributed by atoms with Crippen molar-refractivity contribution in [3.63, 3.8) is 0 Å². The Balaban J connectivity index is 0.00000361. The van der Waals surface area contributed by atoms with Crippen molar-refractivity contribution in [3.8, 4) is 0 Å². The van der Waals surface area contributed by atoms with Crippen molar-refractivity contribution in [1.82, 2.24) is 5.32 Å². The lowest BCUT2D eigenvalue weighted by molar-refractivity contribution is 0.591. The molecule has 0 spiro atoms. The maximum Gasteiger partial charge on any atom is 0.264 e. The smallest absolute Gasteiger partial charge is 0.264 e. The first kappa shape index (κ1) is 27.8. The molecule has 0 radical (unpaired) electrons. The summed E-state index contributed by atoms with van der Waals surface area (Å²) in [7, 11) is -7.86. The van der Waals surface area contributed by atoms with E-state index in [1.807, 2.05) is 6.07 Å². The average molecular weight is 551 g/mol. The molecule has 36 heavy (non-hydrogen) atoms. The third-order valence-corrected chi connectivity index (χ3v) is 9.15. The summed E-state index contributed by atoms with van der Waals surface area (Å²) < 4.78 is 57.4. The second-order valence-corrected chi connectivity index (χ2v) is 11.7. The van der Waals surface area contributed by atoms with Gasteiger partial charge in [-0.1, -0.05) is 36.4 Å². The van der Waals surface area contributed by atoms with E-state index in [4.69, 9.17) is 0 Å². The van der Waals surface area contributed by atoms with Crippen LogP contribution in [0.4, 0.5) is 17.1 Å². The summed E-state index contributed by atoms with van der Waals surface area (Å²) in [6.07, 6.45) is 0.955. The minimum atomic E-state index is -3.94. The van der Waals surface area contributed by atoms with E-state index in [2.05, 4.69) is 14.9 Å². The van der Waals surface area contributed by atoms with E-state index in [1.165, 1.54) is 28.6 Å². The van der Waals surface area contributed by atoms with Crippen LogP contribution in [0.2, 0.25) is 0 Å². The van der Waals surface area contributed by atoms with E-state index < -0.39 is 20.0 Å². The minimum Gasteiger partial charge on any atom is -0.370 e. The number of nitrogens with zero attached hydrogens (tertiary/aromatic N) is 2. The van der Waals surface area contributed by atoms with Gasteiger partial charge in [-0.2, -0.15) is 0 Å². The molecule has 0 amide bonds. The lowest BCUT2D eigenvalue weighted by Crippen LogP contribution is -2.32. The van der Waals surface area contributed by atoms with Gasteiger partial charge in [-0.05, 0) is 62.4 Å². The zero-order valence-corrected chi connectivity index (χ0v) is 22.4. The molecule has 8 nitrogen and oxygen atoms in total. The van der Waals surface area contributed by atoms with Crippen LogP contribution < -0.4 is 19.2 Å². The Morgan fingerprint density at radius 1 is 0.861 bits per heavy atom. The zero-order valence-electron chi connectivity index (χ0n) is 20.0. The van der Waals surface area contributed by atoms with Gasteiger partial charge >= 0.3 is 0 Å². The summed E-state index contributed by atoms with van der Waals surface area (Å²) in [5.74, 6) is 0. The van der Waals surface area contributed by atoms with Crippen molar-refractivity contribution in [2.24, 2.45) is 0 Å².